The van der Waals surface area contributed by atoms with E-state index >= 15 is 0 Å². The van der Waals surface area contributed by atoms with Gasteiger partial charge in [0.2, 0.25) is 5.91 Å². The van der Waals surface area contributed by atoms with Crippen molar-refractivity contribution in [2.75, 3.05) is 13.1 Å². The summed E-state index contributed by atoms with van der Waals surface area (Å²) in [5.74, 6) is -0.449. The summed E-state index contributed by atoms with van der Waals surface area (Å²) in [6.45, 7) is 1.23. The highest BCUT2D eigenvalue weighted by Gasteiger charge is 2.49. The molecule has 1 saturated heterocycles. The van der Waals surface area contributed by atoms with E-state index in [1.54, 1.807) is 0 Å². The zero-order valence-electron chi connectivity index (χ0n) is 17.8. The number of fused-ring (bicyclic) bond motifs is 1. The van der Waals surface area contributed by atoms with Gasteiger partial charge in [-0.2, -0.15) is 0 Å². The summed E-state index contributed by atoms with van der Waals surface area (Å²) in [6, 6.07) is 17.7. The van der Waals surface area contributed by atoms with Crippen LogP contribution in [0.25, 0.3) is 0 Å². The van der Waals surface area contributed by atoms with E-state index in [-0.39, 0.29) is 5.91 Å². The van der Waals surface area contributed by atoms with Crippen molar-refractivity contribution in [3.63, 3.8) is 0 Å². The van der Waals surface area contributed by atoms with Crippen LogP contribution in [0.2, 0.25) is 0 Å². The number of hydrogen-bond donors (Lipinski definition) is 1. The third kappa shape index (κ3) is 3.40. The molecule has 31 heavy (non-hydrogen) atoms. The van der Waals surface area contributed by atoms with E-state index in [2.05, 4.69) is 12.1 Å². The van der Waals surface area contributed by atoms with Gasteiger partial charge in [-0.3, -0.25) is 9.59 Å². The molecule has 2 aromatic rings. The molecule has 5 nitrogen and oxygen atoms in total. The molecule has 0 bridgehead atoms. The maximum atomic E-state index is 13.8. The summed E-state index contributed by atoms with van der Waals surface area (Å²) >= 11 is 0. The van der Waals surface area contributed by atoms with Crippen molar-refractivity contribution >= 4 is 11.9 Å². The number of piperidine rings is 1. The number of ether oxygens (including phenoxy) is 1. The number of carbonyl (C=O) groups is 2. The van der Waals surface area contributed by atoms with Gasteiger partial charge in [0.1, 0.15) is 11.4 Å². The minimum atomic E-state index is -0.803. The summed E-state index contributed by atoms with van der Waals surface area (Å²) in [4.78, 5) is 27.7. The van der Waals surface area contributed by atoms with Gasteiger partial charge in [-0.1, -0.05) is 61.4 Å². The third-order valence-electron chi connectivity index (χ3n) is 7.65. The molecule has 5 rings (SSSR count). The molecule has 5 heteroatoms. The van der Waals surface area contributed by atoms with Gasteiger partial charge in [-0.05, 0) is 24.5 Å². The van der Waals surface area contributed by atoms with Crippen molar-refractivity contribution in [3.8, 4) is 5.75 Å². The van der Waals surface area contributed by atoms with Crippen molar-refractivity contribution in [2.45, 2.75) is 61.9 Å². The molecule has 1 atom stereocenters. The molecule has 162 valence electrons. The first kappa shape index (κ1) is 20.1. The van der Waals surface area contributed by atoms with Crippen LogP contribution in [0.4, 0.5) is 0 Å². The Kier molecular flexibility index (Phi) is 4.99. The lowest BCUT2D eigenvalue weighted by atomic mass is 9.75. The lowest BCUT2D eigenvalue weighted by Crippen LogP contribution is -2.55. The number of aliphatic carboxylic acids is 1. The van der Waals surface area contributed by atoms with Gasteiger partial charge in [-0.15, -0.1) is 0 Å². The fourth-order valence-corrected chi connectivity index (χ4v) is 5.93. The fraction of sp³-hybridized carbons (Fsp3) is 0.462. The van der Waals surface area contributed by atoms with Gasteiger partial charge in [-0.25, -0.2) is 0 Å². The minimum absolute atomic E-state index is 0.233. The van der Waals surface area contributed by atoms with E-state index in [4.69, 9.17) is 4.74 Å². The minimum Gasteiger partial charge on any atom is -0.487 e. The highest BCUT2D eigenvalue weighted by molar-refractivity contribution is 5.89. The van der Waals surface area contributed by atoms with Gasteiger partial charge in [0.25, 0.3) is 0 Å². The Hall–Kier alpha value is -2.82. The van der Waals surface area contributed by atoms with Crippen molar-refractivity contribution in [1.82, 2.24) is 4.90 Å². The average molecular weight is 420 g/mol. The predicted octanol–water partition coefficient (Wildman–Crippen LogP) is 4.51. The van der Waals surface area contributed by atoms with E-state index < -0.39 is 22.9 Å². The second kappa shape index (κ2) is 7.70. The topological polar surface area (TPSA) is 66.8 Å². The molecule has 1 N–H and O–H groups in total. The van der Waals surface area contributed by atoms with Crippen LogP contribution in [0.5, 0.6) is 5.75 Å². The van der Waals surface area contributed by atoms with Gasteiger partial charge in [0.15, 0.2) is 0 Å². The molecule has 1 spiro atoms. The molecule has 1 unspecified atom stereocenters. The molecule has 1 amide bonds. The highest BCUT2D eigenvalue weighted by Crippen LogP contribution is 2.47. The average Bonchev–Trinajstić information content (AvgIpc) is 3.30. The Morgan fingerprint density at radius 3 is 2.23 bits per heavy atom. The van der Waals surface area contributed by atoms with Crippen LogP contribution in [0.3, 0.4) is 0 Å². The maximum absolute atomic E-state index is 13.8. The quantitative estimate of drug-likeness (QED) is 0.795. The van der Waals surface area contributed by atoms with Crippen LogP contribution in [-0.2, 0) is 15.0 Å². The molecule has 2 aliphatic heterocycles. The molecule has 0 aromatic heterocycles. The molecule has 2 heterocycles. The zero-order valence-corrected chi connectivity index (χ0v) is 17.8. The zero-order chi connectivity index (χ0) is 21.5. The molecule has 2 fully saturated rings. The van der Waals surface area contributed by atoms with Gasteiger partial charge in [0.05, 0.1) is 11.3 Å². The van der Waals surface area contributed by atoms with Gasteiger partial charge >= 0.3 is 5.97 Å². The van der Waals surface area contributed by atoms with Crippen LogP contribution in [-0.4, -0.2) is 40.6 Å². The maximum Gasteiger partial charge on any atom is 0.311 e. The van der Waals surface area contributed by atoms with Crippen LogP contribution in [0.15, 0.2) is 54.6 Å². The number of likely N-dealkylation sites (tertiary alicyclic amines) is 1. The van der Waals surface area contributed by atoms with Crippen molar-refractivity contribution in [3.05, 3.63) is 65.7 Å². The Bertz CT molecular complexity index is 972. The van der Waals surface area contributed by atoms with Crippen LogP contribution >= 0.6 is 0 Å². The molecule has 0 radical (unpaired) electrons. The second-order valence-corrected chi connectivity index (χ2v) is 9.37. The Morgan fingerprint density at radius 2 is 1.55 bits per heavy atom. The number of carbonyl (C=O) groups excluding carboxylic acids is 1. The highest BCUT2D eigenvalue weighted by atomic mass is 16.5. The Labute approximate surface area is 183 Å². The summed E-state index contributed by atoms with van der Waals surface area (Å²) < 4.78 is 6.40. The number of hydrogen-bond acceptors (Lipinski definition) is 3. The number of para-hydroxylation sites is 1. The molecule has 1 aliphatic carbocycles. The smallest absolute Gasteiger partial charge is 0.311 e. The monoisotopic (exact) mass is 419 g/mol. The Balaban J connectivity index is 1.36. The van der Waals surface area contributed by atoms with E-state index in [9.17, 15) is 14.7 Å². The number of benzene rings is 2. The van der Waals surface area contributed by atoms with E-state index in [1.165, 1.54) is 0 Å². The first-order chi connectivity index (χ1) is 15.0. The van der Waals surface area contributed by atoms with Crippen LogP contribution in [0, 0.1) is 0 Å². The summed E-state index contributed by atoms with van der Waals surface area (Å²) in [6.07, 6.45) is 5.77. The van der Waals surface area contributed by atoms with E-state index in [0.717, 1.165) is 36.8 Å². The molecule has 3 aliphatic rings. The SMILES string of the molecule is O=C(O)C1CC2(CCN(C(=O)C3(c4ccccc4)CCCC3)CC2)Oc2ccccc21. The molecular weight excluding hydrogens is 390 g/mol. The lowest BCUT2D eigenvalue weighted by molar-refractivity contribution is -0.146. The van der Waals surface area contributed by atoms with E-state index in [0.29, 0.717) is 38.1 Å². The number of amides is 1. The van der Waals surface area contributed by atoms with Crippen molar-refractivity contribution in [1.29, 1.82) is 0 Å². The molecule has 1 saturated carbocycles. The van der Waals surface area contributed by atoms with Crippen molar-refractivity contribution < 1.29 is 19.4 Å². The molecule has 2 aromatic carbocycles. The van der Waals surface area contributed by atoms with E-state index in [1.807, 2.05) is 47.4 Å². The van der Waals surface area contributed by atoms with Gasteiger partial charge < -0.3 is 14.7 Å². The number of carboxylic acid groups (broad SMARTS) is 1. The summed E-state index contributed by atoms with van der Waals surface area (Å²) in [5, 5.41) is 9.82. The second-order valence-electron chi connectivity index (χ2n) is 9.37. The Morgan fingerprint density at radius 1 is 0.903 bits per heavy atom. The van der Waals surface area contributed by atoms with Crippen LogP contribution in [0.1, 0.15) is 62.0 Å². The summed E-state index contributed by atoms with van der Waals surface area (Å²) in [5.41, 5.74) is 0.971. The van der Waals surface area contributed by atoms with Crippen LogP contribution < -0.4 is 4.74 Å². The normalized spacial score (nSPS) is 23.7. The number of carboxylic acids is 1. The number of rotatable bonds is 3. The van der Waals surface area contributed by atoms with Gasteiger partial charge in [0, 0.05) is 37.9 Å². The number of nitrogens with zero attached hydrogens (tertiary/aromatic N) is 1. The summed E-state index contributed by atoms with van der Waals surface area (Å²) in [7, 11) is 0. The predicted molar refractivity (Wildman–Crippen MR) is 117 cm³/mol. The fourth-order valence-electron chi connectivity index (χ4n) is 5.93. The third-order valence-corrected chi connectivity index (χ3v) is 7.65. The first-order valence-electron chi connectivity index (χ1n) is 11.4. The standard InChI is InChI=1S/C26H29NO4/c28-23(29)21-18-25(31-22-11-5-4-10-20(21)22)14-16-27(17-15-25)24(30)26(12-6-7-13-26)19-8-2-1-3-9-19/h1-5,8-11,21H,6-7,12-18H2,(H,28,29). The molecular formula is C26H29NO4. The van der Waals surface area contributed by atoms with Crippen molar-refractivity contribution in [2.24, 2.45) is 0 Å². The first-order valence-corrected chi connectivity index (χ1v) is 11.4. The largest absolute Gasteiger partial charge is 0.487 e. The lowest BCUT2D eigenvalue weighted by Gasteiger charge is -2.47.